The van der Waals surface area contributed by atoms with Crippen molar-refractivity contribution < 1.29 is 0 Å². The van der Waals surface area contributed by atoms with E-state index in [0.717, 1.165) is 19.6 Å². The number of nitrogens with one attached hydrogen (secondary N) is 1. The Morgan fingerprint density at radius 2 is 2.00 bits per heavy atom. The van der Waals surface area contributed by atoms with Crippen molar-refractivity contribution in [3.05, 3.63) is 16.1 Å². The van der Waals surface area contributed by atoms with Crippen molar-refractivity contribution in [2.75, 3.05) is 13.1 Å². The van der Waals surface area contributed by atoms with Gasteiger partial charge in [-0.1, -0.05) is 19.3 Å². The molecular formula is C12H23N3S. The Hall–Kier alpha value is -0.450. The largest absolute Gasteiger partial charge is 0.330 e. The maximum atomic E-state index is 5.44. The van der Waals surface area contributed by atoms with Crippen molar-refractivity contribution in [2.45, 2.75) is 45.6 Å². The Balaban J connectivity index is 1.91. The zero-order chi connectivity index (χ0) is 11.6. The number of aryl methyl sites for hydroxylation is 1. The van der Waals surface area contributed by atoms with Crippen LogP contribution in [0.1, 0.15) is 42.7 Å². The SMILES string of the molecule is Cc1ncsc1CNCCCCCCCN. The summed E-state index contributed by atoms with van der Waals surface area (Å²) in [4.78, 5) is 5.60. The summed E-state index contributed by atoms with van der Waals surface area (Å²) in [5, 5.41) is 3.47. The number of nitrogens with two attached hydrogens (primary N) is 1. The first-order chi connectivity index (χ1) is 7.84. The van der Waals surface area contributed by atoms with Crippen LogP contribution in [0.15, 0.2) is 5.51 Å². The average Bonchev–Trinajstić information content (AvgIpc) is 2.68. The summed E-state index contributed by atoms with van der Waals surface area (Å²) >= 11 is 1.74. The number of unbranched alkanes of at least 4 members (excludes halogenated alkanes) is 4. The van der Waals surface area contributed by atoms with E-state index in [9.17, 15) is 0 Å². The Labute approximate surface area is 102 Å². The predicted molar refractivity (Wildman–Crippen MR) is 70.7 cm³/mol. The maximum Gasteiger partial charge on any atom is 0.0798 e. The lowest BCUT2D eigenvalue weighted by Gasteiger charge is -2.03. The normalized spacial score (nSPS) is 10.9. The summed E-state index contributed by atoms with van der Waals surface area (Å²) in [6, 6.07) is 0. The van der Waals surface area contributed by atoms with Gasteiger partial charge in [0.15, 0.2) is 0 Å². The van der Waals surface area contributed by atoms with Gasteiger partial charge in [-0.3, -0.25) is 0 Å². The molecular weight excluding hydrogens is 218 g/mol. The third-order valence-electron chi connectivity index (χ3n) is 2.69. The first-order valence-electron chi connectivity index (χ1n) is 6.14. The van der Waals surface area contributed by atoms with Crippen molar-refractivity contribution in [1.82, 2.24) is 10.3 Å². The molecule has 3 N–H and O–H groups in total. The van der Waals surface area contributed by atoms with Crippen molar-refractivity contribution in [3.8, 4) is 0 Å². The second kappa shape index (κ2) is 8.67. The highest BCUT2D eigenvalue weighted by Crippen LogP contribution is 2.11. The van der Waals surface area contributed by atoms with Crippen molar-refractivity contribution in [2.24, 2.45) is 5.73 Å². The topological polar surface area (TPSA) is 50.9 Å². The fourth-order valence-corrected chi connectivity index (χ4v) is 2.37. The number of thiazole rings is 1. The minimum Gasteiger partial charge on any atom is -0.330 e. The lowest BCUT2D eigenvalue weighted by Crippen LogP contribution is -2.14. The molecule has 0 radical (unpaired) electrons. The first kappa shape index (κ1) is 13.6. The highest BCUT2D eigenvalue weighted by Gasteiger charge is 1.99. The third-order valence-corrected chi connectivity index (χ3v) is 3.62. The zero-order valence-corrected chi connectivity index (χ0v) is 11.0. The molecule has 92 valence electrons. The molecule has 0 atom stereocenters. The summed E-state index contributed by atoms with van der Waals surface area (Å²) in [5.41, 5.74) is 8.53. The minimum absolute atomic E-state index is 0.836. The van der Waals surface area contributed by atoms with Gasteiger partial charge in [-0.15, -0.1) is 11.3 Å². The van der Waals surface area contributed by atoms with Crippen LogP contribution in [-0.2, 0) is 6.54 Å². The molecule has 0 aliphatic carbocycles. The highest BCUT2D eigenvalue weighted by atomic mass is 32.1. The van der Waals surface area contributed by atoms with Crippen LogP contribution in [0.4, 0.5) is 0 Å². The lowest BCUT2D eigenvalue weighted by molar-refractivity contribution is 0.578. The van der Waals surface area contributed by atoms with Gasteiger partial charge in [-0.25, -0.2) is 4.98 Å². The molecule has 1 aromatic heterocycles. The van der Waals surface area contributed by atoms with Crippen LogP contribution >= 0.6 is 11.3 Å². The van der Waals surface area contributed by atoms with E-state index in [1.165, 1.54) is 42.7 Å². The molecule has 0 aromatic carbocycles. The Bertz CT molecular complexity index is 273. The fourth-order valence-electron chi connectivity index (χ4n) is 1.62. The molecule has 3 nitrogen and oxygen atoms in total. The van der Waals surface area contributed by atoms with Crippen molar-refractivity contribution in [3.63, 3.8) is 0 Å². The van der Waals surface area contributed by atoms with Gasteiger partial charge in [0.1, 0.15) is 0 Å². The molecule has 0 aliphatic heterocycles. The van der Waals surface area contributed by atoms with E-state index >= 15 is 0 Å². The van der Waals surface area contributed by atoms with E-state index in [1.54, 1.807) is 11.3 Å². The van der Waals surface area contributed by atoms with E-state index in [1.807, 2.05) is 5.51 Å². The molecule has 0 fully saturated rings. The van der Waals surface area contributed by atoms with Crippen LogP contribution in [0.5, 0.6) is 0 Å². The summed E-state index contributed by atoms with van der Waals surface area (Å²) in [7, 11) is 0. The molecule has 1 rings (SSSR count). The molecule has 1 aromatic rings. The Morgan fingerprint density at radius 3 is 2.69 bits per heavy atom. The summed E-state index contributed by atoms with van der Waals surface area (Å²) in [6.07, 6.45) is 6.35. The highest BCUT2D eigenvalue weighted by molar-refractivity contribution is 7.09. The monoisotopic (exact) mass is 241 g/mol. The molecule has 0 unspecified atom stereocenters. The van der Waals surface area contributed by atoms with Crippen LogP contribution in [0.2, 0.25) is 0 Å². The standard InChI is InChI=1S/C12H23N3S/c1-11-12(16-10-15-11)9-14-8-6-4-2-3-5-7-13/h10,14H,2-9,13H2,1H3. The molecule has 1 heterocycles. The number of rotatable bonds is 9. The van der Waals surface area contributed by atoms with Crippen LogP contribution in [0.3, 0.4) is 0 Å². The second-order valence-corrected chi connectivity index (χ2v) is 5.03. The first-order valence-corrected chi connectivity index (χ1v) is 7.02. The molecule has 16 heavy (non-hydrogen) atoms. The Kier molecular flexibility index (Phi) is 7.38. The van der Waals surface area contributed by atoms with Gasteiger partial charge in [0.05, 0.1) is 11.2 Å². The zero-order valence-electron chi connectivity index (χ0n) is 10.2. The lowest BCUT2D eigenvalue weighted by atomic mass is 10.1. The minimum atomic E-state index is 0.836. The number of nitrogens with zero attached hydrogens (tertiary/aromatic N) is 1. The second-order valence-electron chi connectivity index (χ2n) is 4.09. The van der Waals surface area contributed by atoms with Crippen molar-refractivity contribution in [1.29, 1.82) is 0 Å². The van der Waals surface area contributed by atoms with Gasteiger partial charge < -0.3 is 11.1 Å². The van der Waals surface area contributed by atoms with Crippen LogP contribution in [-0.4, -0.2) is 18.1 Å². The maximum absolute atomic E-state index is 5.44. The van der Waals surface area contributed by atoms with Crippen molar-refractivity contribution >= 4 is 11.3 Å². The summed E-state index contributed by atoms with van der Waals surface area (Å²) in [5.74, 6) is 0. The average molecular weight is 241 g/mol. The van der Waals surface area contributed by atoms with Crippen LogP contribution in [0, 0.1) is 6.92 Å². The third kappa shape index (κ3) is 5.58. The van der Waals surface area contributed by atoms with Gasteiger partial charge in [0.25, 0.3) is 0 Å². The fraction of sp³-hybridized carbons (Fsp3) is 0.750. The van der Waals surface area contributed by atoms with Gasteiger partial charge in [0.2, 0.25) is 0 Å². The van der Waals surface area contributed by atoms with Crippen LogP contribution in [0.25, 0.3) is 0 Å². The van der Waals surface area contributed by atoms with E-state index in [0.29, 0.717) is 0 Å². The molecule has 0 saturated carbocycles. The van der Waals surface area contributed by atoms with E-state index in [-0.39, 0.29) is 0 Å². The smallest absolute Gasteiger partial charge is 0.0798 e. The Morgan fingerprint density at radius 1 is 1.25 bits per heavy atom. The van der Waals surface area contributed by atoms with E-state index in [4.69, 9.17) is 5.73 Å². The molecule has 0 spiro atoms. The summed E-state index contributed by atoms with van der Waals surface area (Å²) < 4.78 is 0. The number of aromatic nitrogens is 1. The quantitative estimate of drug-likeness (QED) is 0.653. The number of hydrogen-bond donors (Lipinski definition) is 2. The molecule has 0 saturated heterocycles. The van der Waals surface area contributed by atoms with Gasteiger partial charge in [-0.05, 0) is 32.9 Å². The van der Waals surface area contributed by atoms with E-state index in [2.05, 4.69) is 17.2 Å². The predicted octanol–water partition coefficient (Wildman–Crippen LogP) is 2.45. The molecule has 0 bridgehead atoms. The molecule has 4 heteroatoms. The van der Waals surface area contributed by atoms with Gasteiger partial charge >= 0.3 is 0 Å². The van der Waals surface area contributed by atoms with Crippen LogP contribution < -0.4 is 11.1 Å². The summed E-state index contributed by atoms with van der Waals surface area (Å²) in [6.45, 7) is 4.99. The molecule has 0 aliphatic rings. The van der Waals surface area contributed by atoms with Gasteiger partial charge in [-0.2, -0.15) is 0 Å². The molecule has 0 amide bonds. The number of hydrogen-bond acceptors (Lipinski definition) is 4. The van der Waals surface area contributed by atoms with E-state index < -0.39 is 0 Å². The van der Waals surface area contributed by atoms with Gasteiger partial charge in [0, 0.05) is 11.4 Å².